The van der Waals surface area contributed by atoms with E-state index >= 15 is 4.39 Å². The van der Waals surface area contributed by atoms with Crippen molar-refractivity contribution in [1.82, 2.24) is 0 Å². The fourth-order valence-electron chi connectivity index (χ4n) is 4.88. The average Bonchev–Trinajstić information content (AvgIpc) is 2.87. The summed E-state index contributed by atoms with van der Waals surface area (Å²) in [5.74, 6) is -4.04. The zero-order valence-corrected chi connectivity index (χ0v) is 19.2. The van der Waals surface area contributed by atoms with Gasteiger partial charge in [-0.2, -0.15) is 0 Å². The van der Waals surface area contributed by atoms with Crippen LogP contribution < -0.4 is 0 Å². The number of ether oxygens (including phenoxy) is 2. The second kappa shape index (κ2) is 10.9. The van der Waals surface area contributed by atoms with Gasteiger partial charge in [0.1, 0.15) is 0 Å². The molecule has 0 aliphatic carbocycles. The molecule has 2 nitrogen and oxygen atoms in total. The zero-order chi connectivity index (χ0) is 24.2. The summed E-state index contributed by atoms with van der Waals surface area (Å²) in [7, 11) is 0. The molecule has 0 amide bonds. The average molecular weight is 475 g/mol. The maximum atomic E-state index is 15.0. The highest BCUT2D eigenvalue weighted by Gasteiger charge is 2.30. The Morgan fingerprint density at radius 3 is 1.74 bits per heavy atom. The van der Waals surface area contributed by atoms with Gasteiger partial charge in [-0.25, -0.2) is 17.6 Å². The number of allylic oxidation sites excluding steroid dienone is 1. The normalized spacial score (nSPS) is 25.2. The third-order valence-corrected chi connectivity index (χ3v) is 7.00. The van der Waals surface area contributed by atoms with Crippen molar-refractivity contribution in [1.29, 1.82) is 0 Å². The predicted octanol–water partition coefficient (Wildman–Crippen LogP) is 8.00. The monoisotopic (exact) mass is 474 g/mol. The van der Waals surface area contributed by atoms with Gasteiger partial charge in [0.15, 0.2) is 23.3 Å². The molecule has 6 heteroatoms. The Morgan fingerprint density at radius 1 is 0.735 bits per heavy atom. The lowest BCUT2D eigenvalue weighted by atomic mass is 9.90. The molecule has 0 aromatic heterocycles. The molecule has 2 aliphatic heterocycles. The van der Waals surface area contributed by atoms with Crippen LogP contribution in [-0.2, 0) is 9.47 Å². The van der Waals surface area contributed by atoms with Crippen LogP contribution in [0.5, 0.6) is 0 Å². The molecule has 2 aliphatic rings. The fourth-order valence-corrected chi connectivity index (χ4v) is 4.88. The maximum Gasteiger partial charge on any atom is 0.167 e. The summed E-state index contributed by atoms with van der Waals surface area (Å²) >= 11 is 0. The molecule has 2 aromatic rings. The lowest BCUT2D eigenvalue weighted by molar-refractivity contribution is -0.0210. The molecular weight excluding hydrogens is 444 g/mol. The van der Waals surface area contributed by atoms with Crippen molar-refractivity contribution in [3.63, 3.8) is 0 Å². The first-order chi connectivity index (χ1) is 16.4. The minimum atomic E-state index is -1.21. The number of halogens is 4. The summed E-state index contributed by atoms with van der Waals surface area (Å²) in [4.78, 5) is 0. The van der Waals surface area contributed by atoms with E-state index in [0.717, 1.165) is 25.7 Å². The molecule has 182 valence electrons. The molecule has 0 N–H and O–H groups in total. The SMILES string of the molecule is C=CCCC1CCC(c2ccc(-c3ccc(C4CCC(C=C)CO4)c(F)c3F)c(F)c2F)OC1. The molecule has 4 atom stereocenters. The molecule has 2 aromatic carbocycles. The number of hydrogen-bond acceptors (Lipinski definition) is 2. The first kappa shape index (κ1) is 24.7. The molecule has 0 saturated carbocycles. The third kappa shape index (κ3) is 4.98. The van der Waals surface area contributed by atoms with E-state index in [4.69, 9.17) is 9.47 Å². The van der Waals surface area contributed by atoms with Gasteiger partial charge in [0.25, 0.3) is 0 Å². The van der Waals surface area contributed by atoms with Gasteiger partial charge in [-0.05, 0) is 44.4 Å². The first-order valence-corrected chi connectivity index (χ1v) is 11.9. The molecule has 2 fully saturated rings. The second-order valence-corrected chi connectivity index (χ2v) is 9.19. The molecule has 0 bridgehead atoms. The van der Waals surface area contributed by atoms with Crippen LogP contribution in [0.2, 0.25) is 0 Å². The van der Waals surface area contributed by atoms with Crippen molar-refractivity contribution >= 4 is 0 Å². The van der Waals surface area contributed by atoms with E-state index in [0.29, 0.717) is 32.0 Å². The smallest absolute Gasteiger partial charge is 0.167 e. The summed E-state index contributed by atoms with van der Waals surface area (Å²) in [5, 5.41) is 0. The van der Waals surface area contributed by atoms with E-state index in [1.807, 2.05) is 6.08 Å². The molecule has 0 spiro atoms. The Kier molecular flexibility index (Phi) is 7.89. The van der Waals surface area contributed by atoms with E-state index in [9.17, 15) is 13.2 Å². The summed E-state index contributed by atoms with van der Waals surface area (Å²) in [5.41, 5.74) is -0.450. The molecule has 2 saturated heterocycles. The largest absolute Gasteiger partial charge is 0.373 e. The Morgan fingerprint density at radius 2 is 1.29 bits per heavy atom. The number of rotatable bonds is 7. The molecule has 0 radical (unpaired) electrons. The van der Waals surface area contributed by atoms with Gasteiger partial charge >= 0.3 is 0 Å². The first-order valence-electron chi connectivity index (χ1n) is 11.9. The molecule has 2 heterocycles. The van der Waals surface area contributed by atoms with E-state index < -0.39 is 35.5 Å². The number of hydrogen-bond donors (Lipinski definition) is 0. The summed E-state index contributed by atoms with van der Waals surface area (Å²) in [6, 6.07) is 5.39. The van der Waals surface area contributed by atoms with Gasteiger partial charge < -0.3 is 9.47 Å². The Hall–Kier alpha value is -2.44. The lowest BCUT2D eigenvalue weighted by Gasteiger charge is -2.29. The Labute approximate surface area is 198 Å². The van der Waals surface area contributed by atoms with Crippen molar-refractivity contribution in [2.45, 2.75) is 50.7 Å². The van der Waals surface area contributed by atoms with Gasteiger partial charge in [-0.3, -0.25) is 0 Å². The summed E-state index contributed by atoms with van der Waals surface area (Å²) in [6.45, 7) is 8.31. The summed E-state index contributed by atoms with van der Waals surface area (Å²) in [6.07, 6.45) is 7.05. The highest BCUT2D eigenvalue weighted by Crippen LogP contribution is 2.39. The third-order valence-electron chi connectivity index (χ3n) is 7.00. The maximum absolute atomic E-state index is 15.0. The quantitative estimate of drug-likeness (QED) is 0.299. The van der Waals surface area contributed by atoms with Gasteiger partial charge in [0.2, 0.25) is 0 Å². The zero-order valence-electron chi connectivity index (χ0n) is 19.2. The van der Waals surface area contributed by atoms with Gasteiger partial charge in [0.05, 0.1) is 25.4 Å². The second-order valence-electron chi connectivity index (χ2n) is 9.19. The van der Waals surface area contributed by atoms with E-state index in [2.05, 4.69) is 13.2 Å². The highest BCUT2D eigenvalue weighted by atomic mass is 19.2. The van der Waals surface area contributed by atoms with Crippen LogP contribution in [-0.4, -0.2) is 13.2 Å². The standard InChI is InChI=1S/C28H30F4O2/c1-3-5-6-18-8-14-24(34-16-18)22-12-10-20(26(30)28(22)32)19-9-11-21(27(31)25(19)29)23-13-7-17(4-2)15-33-23/h3-4,9-12,17-18,23-24H,1-2,5-8,13-16H2. The Balaban J connectivity index is 1.54. The van der Waals surface area contributed by atoms with Crippen molar-refractivity contribution in [2.75, 3.05) is 13.2 Å². The van der Waals surface area contributed by atoms with Gasteiger partial charge in [-0.15, -0.1) is 13.2 Å². The van der Waals surface area contributed by atoms with Gasteiger partial charge in [0, 0.05) is 28.2 Å². The van der Waals surface area contributed by atoms with Crippen molar-refractivity contribution in [3.8, 4) is 11.1 Å². The van der Waals surface area contributed by atoms with Crippen LogP contribution in [0, 0.1) is 35.1 Å². The minimum absolute atomic E-state index is 0.0860. The van der Waals surface area contributed by atoms with Crippen molar-refractivity contribution in [2.24, 2.45) is 11.8 Å². The van der Waals surface area contributed by atoms with Crippen LogP contribution in [0.1, 0.15) is 61.9 Å². The molecule has 4 unspecified atom stereocenters. The van der Waals surface area contributed by atoms with E-state index in [1.165, 1.54) is 24.3 Å². The van der Waals surface area contributed by atoms with Crippen LogP contribution in [0.4, 0.5) is 17.6 Å². The van der Waals surface area contributed by atoms with E-state index in [1.54, 1.807) is 6.08 Å². The minimum Gasteiger partial charge on any atom is -0.373 e. The Bertz CT molecular complexity index is 1040. The highest BCUT2D eigenvalue weighted by molar-refractivity contribution is 5.66. The molecule has 34 heavy (non-hydrogen) atoms. The lowest BCUT2D eigenvalue weighted by Crippen LogP contribution is -2.21. The number of benzene rings is 2. The topological polar surface area (TPSA) is 18.5 Å². The van der Waals surface area contributed by atoms with Crippen molar-refractivity contribution < 1.29 is 27.0 Å². The summed E-state index contributed by atoms with van der Waals surface area (Å²) < 4.78 is 71.4. The van der Waals surface area contributed by atoms with Gasteiger partial charge in [-0.1, -0.05) is 36.4 Å². The van der Waals surface area contributed by atoms with Crippen LogP contribution in [0.25, 0.3) is 11.1 Å². The molecule has 4 rings (SSSR count). The van der Waals surface area contributed by atoms with E-state index in [-0.39, 0.29) is 28.2 Å². The predicted molar refractivity (Wildman–Crippen MR) is 124 cm³/mol. The van der Waals surface area contributed by atoms with Crippen LogP contribution in [0.15, 0.2) is 49.6 Å². The fraction of sp³-hybridized carbons (Fsp3) is 0.429. The van der Waals surface area contributed by atoms with Crippen LogP contribution >= 0.6 is 0 Å². The van der Waals surface area contributed by atoms with Crippen LogP contribution in [0.3, 0.4) is 0 Å². The van der Waals surface area contributed by atoms with Crippen molar-refractivity contribution in [3.05, 3.63) is 84.0 Å². The molecular formula is C28H30F4O2.